The fourth-order valence-electron chi connectivity index (χ4n) is 2.90. The van der Waals surface area contributed by atoms with E-state index in [9.17, 15) is 0 Å². The van der Waals surface area contributed by atoms with Crippen molar-refractivity contribution in [3.8, 4) is 0 Å². The van der Waals surface area contributed by atoms with Gasteiger partial charge in [-0.2, -0.15) is 0 Å². The Bertz CT molecular complexity index is 337. The number of rotatable bonds is 2. The van der Waals surface area contributed by atoms with Crippen molar-refractivity contribution in [1.29, 1.82) is 0 Å². The van der Waals surface area contributed by atoms with Crippen molar-refractivity contribution in [2.75, 3.05) is 13.2 Å². The lowest BCUT2D eigenvalue weighted by Crippen LogP contribution is -2.22. The number of hydrogen-bond donors (Lipinski definition) is 0. The molecule has 0 spiro atoms. The number of allylic oxidation sites excluding steroid dienone is 3. The molecule has 2 fully saturated rings. The Morgan fingerprint density at radius 2 is 2.38 bits per heavy atom. The molecule has 0 aromatic rings. The molecule has 0 aromatic carbocycles. The third kappa shape index (κ3) is 1.76. The second-order valence-corrected chi connectivity index (χ2v) is 5.30. The Morgan fingerprint density at radius 3 is 3.12 bits per heavy atom. The summed E-state index contributed by atoms with van der Waals surface area (Å²) in [6.07, 6.45) is 11.1. The van der Waals surface area contributed by atoms with Gasteiger partial charge in [0.05, 0.1) is 13.2 Å². The molecule has 1 saturated heterocycles. The fraction of sp³-hybridized carbons (Fsp3) is 0.692. The highest BCUT2D eigenvalue weighted by Crippen LogP contribution is 2.56. The summed E-state index contributed by atoms with van der Waals surface area (Å²) in [5, 5.41) is 0. The van der Waals surface area contributed by atoms with Gasteiger partial charge in [0.25, 0.3) is 0 Å². The van der Waals surface area contributed by atoms with E-state index in [4.69, 9.17) is 9.47 Å². The molecular formula is C13H19BO2. The van der Waals surface area contributed by atoms with Crippen LogP contribution in [0.2, 0.25) is 6.32 Å². The first kappa shape index (κ1) is 10.6. The van der Waals surface area contributed by atoms with E-state index in [1.165, 1.54) is 18.3 Å². The second-order valence-electron chi connectivity index (χ2n) is 5.30. The van der Waals surface area contributed by atoms with E-state index in [-0.39, 0.29) is 6.29 Å². The van der Waals surface area contributed by atoms with Crippen LogP contribution in [0.4, 0.5) is 0 Å². The lowest BCUT2D eigenvalue weighted by molar-refractivity contribution is -0.114. The van der Waals surface area contributed by atoms with Crippen LogP contribution in [0.25, 0.3) is 0 Å². The Labute approximate surface area is 98.1 Å². The van der Waals surface area contributed by atoms with Crippen LogP contribution < -0.4 is 0 Å². The maximum absolute atomic E-state index is 5.97. The maximum Gasteiger partial charge on any atom is 0.180 e. The molecule has 3 heteroatoms. The van der Waals surface area contributed by atoms with Gasteiger partial charge in [-0.05, 0) is 36.2 Å². The van der Waals surface area contributed by atoms with Crippen molar-refractivity contribution in [2.45, 2.75) is 31.9 Å². The molecule has 2 aliphatic carbocycles. The van der Waals surface area contributed by atoms with Gasteiger partial charge in [0.15, 0.2) is 6.29 Å². The summed E-state index contributed by atoms with van der Waals surface area (Å²) in [6, 6.07) is 0. The van der Waals surface area contributed by atoms with E-state index >= 15 is 0 Å². The van der Waals surface area contributed by atoms with E-state index in [0.717, 1.165) is 32.0 Å². The van der Waals surface area contributed by atoms with E-state index in [2.05, 4.69) is 26.1 Å². The van der Waals surface area contributed by atoms with E-state index in [0.29, 0.717) is 5.41 Å². The first-order chi connectivity index (χ1) is 7.84. The summed E-state index contributed by atoms with van der Waals surface area (Å²) < 4.78 is 11.9. The van der Waals surface area contributed by atoms with Crippen molar-refractivity contribution in [1.82, 2.24) is 0 Å². The van der Waals surface area contributed by atoms with Gasteiger partial charge in [0, 0.05) is 0 Å². The summed E-state index contributed by atoms with van der Waals surface area (Å²) in [6.45, 7) is 1.78. The molecule has 1 saturated carbocycles. The van der Waals surface area contributed by atoms with Crippen LogP contribution >= 0.6 is 0 Å². The molecule has 2 nitrogen and oxygen atoms in total. The first-order valence-corrected chi connectivity index (χ1v) is 6.43. The normalized spacial score (nSPS) is 42.1. The van der Waals surface area contributed by atoms with Gasteiger partial charge in [-0.15, -0.1) is 0 Å². The molecule has 1 aliphatic heterocycles. The lowest BCUT2D eigenvalue weighted by Gasteiger charge is -2.21. The molecule has 1 unspecified atom stereocenters. The topological polar surface area (TPSA) is 18.5 Å². The summed E-state index contributed by atoms with van der Waals surface area (Å²) in [4.78, 5) is 0. The fourth-order valence-corrected chi connectivity index (χ4v) is 2.90. The zero-order valence-corrected chi connectivity index (χ0v) is 9.95. The minimum Gasteiger partial charge on any atom is -0.348 e. The Morgan fingerprint density at radius 1 is 1.44 bits per heavy atom. The average molecular weight is 218 g/mol. The molecule has 3 aliphatic rings. The van der Waals surface area contributed by atoms with Crippen LogP contribution in [0.1, 0.15) is 19.3 Å². The number of fused-ring (bicyclic) bond motifs is 1. The Kier molecular flexibility index (Phi) is 2.68. The largest absolute Gasteiger partial charge is 0.348 e. The van der Waals surface area contributed by atoms with Gasteiger partial charge >= 0.3 is 0 Å². The molecular weight excluding hydrogens is 199 g/mol. The minimum atomic E-state index is -0.0684. The lowest BCUT2D eigenvalue weighted by atomic mass is 9.87. The molecule has 3 rings (SSSR count). The average Bonchev–Trinajstić information content (AvgIpc) is 3.04. The zero-order valence-electron chi connectivity index (χ0n) is 9.95. The highest BCUT2D eigenvalue weighted by molar-refractivity contribution is 6.09. The first-order valence-electron chi connectivity index (χ1n) is 6.43. The van der Waals surface area contributed by atoms with Crippen LogP contribution in [0.15, 0.2) is 23.8 Å². The summed E-state index contributed by atoms with van der Waals surface area (Å²) in [7, 11) is 2.27. The minimum absolute atomic E-state index is 0.0684. The van der Waals surface area contributed by atoms with Gasteiger partial charge in [-0.25, -0.2) is 0 Å². The van der Waals surface area contributed by atoms with E-state index in [1.54, 1.807) is 0 Å². The van der Waals surface area contributed by atoms with Crippen molar-refractivity contribution < 1.29 is 9.47 Å². The van der Waals surface area contributed by atoms with Gasteiger partial charge < -0.3 is 9.47 Å². The number of hydrogen-bond acceptors (Lipinski definition) is 2. The molecule has 0 radical (unpaired) electrons. The Hall–Kier alpha value is -0.535. The second kappa shape index (κ2) is 4.04. The highest BCUT2D eigenvalue weighted by Gasteiger charge is 2.54. The smallest absolute Gasteiger partial charge is 0.180 e. The molecule has 1 heterocycles. The SMILES string of the molecule is BC[C@@]12COC(C3=CC=CCC3)OC[C@@H]1C2. The maximum atomic E-state index is 5.97. The molecule has 0 N–H and O–H groups in total. The summed E-state index contributed by atoms with van der Waals surface area (Å²) >= 11 is 0. The van der Waals surface area contributed by atoms with Gasteiger partial charge in [0.1, 0.15) is 7.85 Å². The molecule has 86 valence electrons. The quantitative estimate of drug-likeness (QED) is 0.656. The van der Waals surface area contributed by atoms with E-state index in [1.807, 2.05) is 0 Å². The molecule has 3 atom stereocenters. The van der Waals surface area contributed by atoms with Crippen LogP contribution in [-0.4, -0.2) is 27.4 Å². The summed E-state index contributed by atoms with van der Waals surface area (Å²) in [5.74, 6) is 0.752. The molecule has 16 heavy (non-hydrogen) atoms. The van der Waals surface area contributed by atoms with Crippen molar-refractivity contribution in [3.63, 3.8) is 0 Å². The predicted molar refractivity (Wildman–Crippen MR) is 66.0 cm³/mol. The summed E-state index contributed by atoms with van der Waals surface area (Å²) in [5.41, 5.74) is 1.77. The van der Waals surface area contributed by atoms with Gasteiger partial charge in [-0.1, -0.05) is 24.5 Å². The van der Waals surface area contributed by atoms with Crippen molar-refractivity contribution in [3.05, 3.63) is 23.8 Å². The predicted octanol–water partition coefficient (Wildman–Crippen LogP) is 1.69. The standard InChI is InChI=1S/C13H19BO2/c14-8-13-6-11(13)7-15-12(16-9-13)10-4-2-1-3-5-10/h1-2,4,11-12H,3,5-9,14H2/t11-,12?,13-/m0/s1. The van der Waals surface area contributed by atoms with Crippen LogP contribution in [0.3, 0.4) is 0 Å². The van der Waals surface area contributed by atoms with Crippen LogP contribution in [0.5, 0.6) is 0 Å². The van der Waals surface area contributed by atoms with E-state index < -0.39 is 0 Å². The van der Waals surface area contributed by atoms with Crippen LogP contribution in [-0.2, 0) is 9.47 Å². The monoisotopic (exact) mass is 218 g/mol. The molecule has 0 amide bonds. The van der Waals surface area contributed by atoms with Gasteiger partial charge in [-0.3, -0.25) is 0 Å². The molecule has 0 bridgehead atoms. The zero-order chi connectivity index (χ0) is 11.0. The highest BCUT2D eigenvalue weighted by atomic mass is 16.7. The van der Waals surface area contributed by atoms with Crippen molar-refractivity contribution in [2.24, 2.45) is 11.3 Å². The third-order valence-corrected chi connectivity index (χ3v) is 4.38. The number of ether oxygens (including phenoxy) is 2. The van der Waals surface area contributed by atoms with Crippen LogP contribution in [0, 0.1) is 11.3 Å². The van der Waals surface area contributed by atoms with Gasteiger partial charge in [0.2, 0.25) is 0 Å². The Balaban J connectivity index is 1.67. The van der Waals surface area contributed by atoms with Crippen molar-refractivity contribution >= 4 is 7.85 Å². The third-order valence-electron chi connectivity index (χ3n) is 4.38. The molecule has 0 aromatic heterocycles.